The molecule has 0 aromatic heterocycles. The second kappa shape index (κ2) is 7.17. The Morgan fingerprint density at radius 3 is 2.30 bits per heavy atom. The van der Waals surface area contributed by atoms with Gasteiger partial charge in [0.1, 0.15) is 0 Å². The van der Waals surface area contributed by atoms with Crippen LogP contribution in [0.2, 0.25) is 0 Å². The molecule has 0 amide bonds. The fourth-order valence-electron chi connectivity index (χ4n) is 3.54. The van der Waals surface area contributed by atoms with Gasteiger partial charge in [-0.2, -0.15) is 0 Å². The first-order chi connectivity index (χ1) is 9.24. The van der Waals surface area contributed by atoms with Crippen molar-refractivity contribution in [2.45, 2.75) is 55.2 Å². The van der Waals surface area contributed by atoms with E-state index in [-0.39, 0.29) is 12.4 Å². The van der Waals surface area contributed by atoms with E-state index >= 15 is 0 Å². The third kappa shape index (κ3) is 3.70. The molecule has 1 N–H and O–H groups in total. The van der Waals surface area contributed by atoms with E-state index < -0.39 is 0 Å². The second-order valence-electron chi connectivity index (χ2n) is 6.03. The monoisotopic (exact) mass is 312 g/mol. The number of hydrogen-bond donors (Lipinski definition) is 1. The molecule has 2 bridgehead atoms. The van der Waals surface area contributed by atoms with Crippen LogP contribution in [-0.2, 0) is 6.54 Å². The van der Waals surface area contributed by atoms with Gasteiger partial charge in [-0.25, -0.2) is 0 Å². The highest BCUT2D eigenvalue weighted by molar-refractivity contribution is 7.98. The zero-order chi connectivity index (χ0) is 13.2. The molecule has 2 nitrogen and oxygen atoms in total. The normalized spacial score (nSPS) is 28.4. The molecule has 0 aliphatic carbocycles. The van der Waals surface area contributed by atoms with Crippen molar-refractivity contribution in [1.82, 2.24) is 10.2 Å². The van der Waals surface area contributed by atoms with Crippen LogP contribution in [0.1, 0.15) is 31.2 Å². The van der Waals surface area contributed by atoms with Gasteiger partial charge in [-0.1, -0.05) is 12.1 Å². The topological polar surface area (TPSA) is 15.3 Å². The second-order valence-corrected chi connectivity index (χ2v) is 6.91. The highest BCUT2D eigenvalue weighted by Crippen LogP contribution is 2.29. The average Bonchev–Trinajstić information content (AvgIpc) is 2.78. The summed E-state index contributed by atoms with van der Waals surface area (Å²) >= 11 is 1.81. The zero-order valence-corrected chi connectivity index (χ0v) is 14.0. The first-order valence-electron chi connectivity index (χ1n) is 7.34. The summed E-state index contributed by atoms with van der Waals surface area (Å²) < 4.78 is 0. The fraction of sp³-hybridized carbons (Fsp3) is 0.625. The molecule has 20 heavy (non-hydrogen) atoms. The Morgan fingerprint density at radius 2 is 1.75 bits per heavy atom. The van der Waals surface area contributed by atoms with E-state index in [0.717, 1.165) is 24.7 Å². The van der Waals surface area contributed by atoms with Crippen LogP contribution in [0.5, 0.6) is 0 Å². The Kier molecular flexibility index (Phi) is 5.79. The lowest BCUT2D eigenvalue weighted by molar-refractivity contribution is 0.166. The van der Waals surface area contributed by atoms with Gasteiger partial charge in [0.25, 0.3) is 0 Å². The molecular weight excluding hydrogens is 288 g/mol. The minimum absolute atomic E-state index is 0. The van der Waals surface area contributed by atoms with Crippen molar-refractivity contribution >= 4 is 24.2 Å². The van der Waals surface area contributed by atoms with Crippen LogP contribution < -0.4 is 5.32 Å². The third-order valence-corrected chi connectivity index (χ3v) is 5.41. The largest absolute Gasteiger partial charge is 0.311 e. The Bertz CT molecular complexity index is 411. The molecule has 0 radical (unpaired) electrons. The number of hydrogen-bond acceptors (Lipinski definition) is 3. The van der Waals surface area contributed by atoms with Crippen LogP contribution in [0.25, 0.3) is 0 Å². The SMILES string of the molecule is CSc1ccc(CN(C)C2CC3CCC(C2)N3)cc1.Cl. The van der Waals surface area contributed by atoms with E-state index in [4.69, 9.17) is 0 Å². The van der Waals surface area contributed by atoms with Crippen molar-refractivity contribution in [3.63, 3.8) is 0 Å². The van der Waals surface area contributed by atoms with Crippen molar-refractivity contribution in [3.8, 4) is 0 Å². The summed E-state index contributed by atoms with van der Waals surface area (Å²) in [5.41, 5.74) is 1.44. The summed E-state index contributed by atoms with van der Waals surface area (Å²) in [5, 5.41) is 3.72. The summed E-state index contributed by atoms with van der Waals surface area (Å²) in [6.45, 7) is 1.08. The Labute approximate surface area is 133 Å². The molecule has 3 rings (SSSR count). The van der Waals surface area contributed by atoms with Gasteiger partial charge in [0.2, 0.25) is 0 Å². The van der Waals surface area contributed by atoms with Gasteiger partial charge < -0.3 is 5.32 Å². The van der Waals surface area contributed by atoms with E-state index in [1.165, 1.54) is 36.1 Å². The summed E-state index contributed by atoms with van der Waals surface area (Å²) in [4.78, 5) is 3.91. The Hall–Kier alpha value is -0.220. The van der Waals surface area contributed by atoms with Gasteiger partial charge >= 0.3 is 0 Å². The number of fused-ring (bicyclic) bond motifs is 2. The first-order valence-corrected chi connectivity index (χ1v) is 8.56. The molecule has 112 valence electrons. The van der Waals surface area contributed by atoms with Gasteiger partial charge in [0.15, 0.2) is 0 Å². The quantitative estimate of drug-likeness (QED) is 0.856. The Balaban J connectivity index is 0.00000147. The molecule has 2 atom stereocenters. The summed E-state index contributed by atoms with van der Waals surface area (Å²) in [5.74, 6) is 0. The lowest BCUT2D eigenvalue weighted by Gasteiger charge is -2.35. The molecule has 2 aliphatic heterocycles. The maximum absolute atomic E-state index is 3.72. The standard InChI is InChI=1S/C16H24N2S.ClH/c1-18(11-12-3-7-16(19-2)8-4-12)15-9-13-5-6-14(10-15)17-13;/h3-4,7-8,13-15,17H,5-6,9-11H2,1-2H3;1H. The molecule has 2 saturated heterocycles. The molecule has 2 aliphatic rings. The van der Waals surface area contributed by atoms with Crippen molar-refractivity contribution < 1.29 is 0 Å². The fourth-order valence-corrected chi connectivity index (χ4v) is 3.94. The smallest absolute Gasteiger partial charge is 0.0233 e. The van der Waals surface area contributed by atoms with Crippen LogP contribution in [-0.4, -0.2) is 36.3 Å². The number of rotatable bonds is 4. The molecule has 1 aromatic carbocycles. The molecule has 2 heterocycles. The number of nitrogens with zero attached hydrogens (tertiary/aromatic N) is 1. The summed E-state index contributed by atoms with van der Waals surface area (Å²) in [6, 6.07) is 11.4. The number of halogens is 1. The number of thioether (sulfide) groups is 1. The Morgan fingerprint density at radius 1 is 1.15 bits per heavy atom. The molecule has 2 fully saturated rings. The predicted octanol–water partition coefficient (Wildman–Crippen LogP) is 3.55. The van der Waals surface area contributed by atoms with E-state index in [1.54, 1.807) is 0 Å². The van der Waals surface area contributed by atoms with Crippen LogP contribution in [0.3, 0.4) is 0 Å². The number of nitrogens with one attached hydrogen (secondary N) is 1. The minimum Gasteiger partial charge on any atom is -0.311 e. The number of piperidine rings is 1. The van der Waals surface area contributed by atoms with E-state index in [0.29, 0.717) is 0 Å². The molecule has 4 heteroatoms. The minimum atomic E-state index is 0. The zero-order valence-electron chi connectivity index (χ0n) is 12.3. The van der Waals surface area contributed by atoms with Gasteiger partial charge in [0.05, 0.1) is 0 Å². The lowest BCUT2D eigenvalue weighted by Crippen LogP contribution is -2.46. The highest BCUT2D eigenvalue weighted by Gasteiger charge is 2.34. The summed E-state index contributed by atoms with van der Waals surface area (Å²) in [6.07, 6.45) is 7.56. The lowest BCUT2D eigenvalue weighted by atomic mass is 9.98. The van der Waals surface area contributed by atoms with Crippen LogP contribution in [0, 0.1) is 0 Å². The van der Waals surface area contributed by atoms with Crippen molar-refractivity contribution in [1.29, 1.82) is 0 Å². The third-order valence-electron chi connectivity index (χ3n) is 4.66. The van der Waals surface area contributed by atoms with Crippen molar-refractivity contribution in [2.75, 3.05) is 13.3 Å². The van der Waals surface area contributed by atoms with Crippen LogP contribution >= 0.6 is 24.2 Å². The van der Waals surface area contributed by atoms with Crippen molar-refractivity contribution in [2.24, 2.45) is 0 Å². The molecule has 0 saturated carbocycles. The van der Waals surface area contributed by atoms with Gasteiger partial charge in [0, 0.05) is 29.6 Å². The molecule has 1 aromatic rings. The van der Waals surface area contributed by atoms with Gasteiger partial charge in [-0.3, -0.25) is 4.90 Å². The van der Waals surface area contributed by atoms with Gasteiger partial charge in [-0.15, -0.1) is 24.2 Å². The van der Waals surface area contributed by atoms with Crippen molar-refractivity contribution in [3.05, 3.63) is 29.8 Å². The summed E-state index contributed by atoms with van der Waals surface area (Å²) in [7, 11) is 2.29. The van der Waals surface area contributed by atoms with Gasteiger partial charge in [-0.05, 0) is 56.7 Å². The molecule has 0 spiro atoms. The van der Waals surface area contributed by atoms with E-state index in [1.807, 2.05) is 11.8 Å². The first kappa shape index (κ1) is 16.2. The predicted molar refractivity (Wildman–Crippen MR) is 89.9 cm³/mol. The van der Waals surface area contributed by atoms with Crippen LogP contribution in [0.4, 0.5) is 0 Å². The number of benzene rings is 1. The van der Waals surface area contributed by atoms with E-state index in [2.05, 4.69) is 47.8 Å². The van der Waals surface area contributed by atoms with E-state index in [9.17, 15) is 0 Å². The average molecular weight is 313 g/mol. The maximum atomic E-state index is 3.72. The van der Waals surface area contributed by atoms with Crippen LogP contribution in [0.15, 0.2) is 29.2 Å². The maximum Gasteiger partial charge on any atom is 0.0233 e. The highest BCUT2D eigenvalue weighted by atomic mass is 35.5. The molecule has 2 unspecified atom stereocenters. The molecular formula is C16H25ClN2S.